The summed E-state index contributed by atoms with van der Waals surface area (Å²) in [6, 6.07) is -3.64. The molecule has 0 aliphatic carbocycles. The highest BCUT2D eigenvalue weighted by Crippen LogP contribution is 2.43. The van der Waals surface area contributed by atoms with Crippen molar-refractivity contribution < 1.29 is 37.9 Å². The van der Waals surface area contributed by atoms with E-state index < -0.39 is 99.7 Å². The van der Waals surface area contributed by atoms with Crippen LogP contribution in [0, 0.1) is 11.8 Å². The number of rotatable bonds is 4. The zero-order valence-electron chi connectivity index (χ0n) is 29.5. The van der Waals surface area contributed by atoms with Crippen LogP contribution in [0.1, 0.15) is 66.9 Å². The number of aliphatic hydroxyl groups excluding tert-OH is 1. The second-order valence-electron chi connectivity index (χ2n) is 5.31. The number of methoxy groups -OCH3 is 2. The third-order valence-corrected chi connectivity index (χ3v) is 3.90. The number of fused-ring (bicyclic) bond motifs is 3. The Kier molecular flexibility index (Phi) is 1.64. The Hall–Kier alpha value is -1.26. The largest absolute Gasteiger partial charge is 0.493 e. The number of hydrogen-bond donors (Lipinski definition) is 1. The van der Waals surface area contributed by atoms with Crippen LogP contribution in [0.2, 0.25) is 0 Å². The fourth-order valence-electron chi connectivity index (χ4n) is 2.85. The number of nitrogens with zero attached hydrogens (tertiary/aromatic N) is 1. The molecule has 0 spiro atoms. The van der Waals surface area contributed by atoms with E-state index in [-0.39, 0.29) is 12.0 Å². The summed E-state index contributed by atoms with van der Waals surface area (Å²) in [5, 5.41) is 11.2. The zero-order chi connectivity index (χ0) is 31.2. The lowest BCUT2D eigenvalue weighted by molar-refractivity contribution is -0.0191. The minimum atomic E-state index is -3.90. The highest BCUT2D eigenvalue weighted by atomic mass is 16.5. The van der Waals surface area contributed by atoms with Gasteiger partial charge >= 0.3 is 0 Å². The molecule has 0 amide bonds. The zero-order valence-corrected chi connectivity index (χ0v) is 12.5. The second kappa shape index (κ2) is 6.70. The highest BCUT2D eigenvalue weighted by Gasteiger charge is 2.38. The molecule has 1 aromatic rings. The van der Waals surface area contributed by atoms with Gasteiger partial charge in [0.05, 0.1) is 28.5 Å². The van der Waals surface area contributed by atoms with Crippen LogP contribution < -0.4 is 9.47 Å². The molecular formula is C19H29NO3. The van der Waals surface area contributed by atoms with Gasteiger partial charge in [0.15, 0.2) is 11.5 Å². The molecule has 0 radical (unpaired) electrons. The summed E-state index contributed by atoms with van der Waals surface area (Å²) in [4.78, 5) is 0.708. The summed E-state index contributed by atoms with van der Waals surface area (Å²) in [7, 11) is -2.01. The van der Waals surface area contributed by atoms with E-state index >= 15 is 0 Å². The predicted octanol–water partition coefficient (Wildman–Crippen LogP) is 3.03. The summed E-state index contributed by atoms with van der Waals surface area (Å²) >= 11 is 0. The molecule has 0 saturated carbocycles. The van der Waals surface area contributed by atoms with Crippen LogP contribution in [0.4, 0.5) is 0 Å². The first-order chi connectivity index (χ1) is 17.7. The Morgan fingerprint density at radius 3 is 3.13 bits per heavy atom. The Morgan fingerprint density at radius 2 is 2.39 bits per heavy atom. The van der Waals surface area contributed by atoms with Crippen molar-refractivity contribution in [1.82, 2.24) is 4.90 Å². The lowest BCUT2D eigenvalue weighted by Gasteiger charge is -2.46. The van der Waals surface area contributed by atoms with Gasteiger partial charge in [0, 0.05) is 34.1 Å². The van der Waals surface area contributed by atoms with Crippen LogP contribution in [-0.4, -0.2) is 43.3 Å². The minimum Gasteiger partial charge on any atom is -0.493 e. The summed E-state index contributed by atoms with van der Waals surface area (Å²) < 4.78 is 148. The molecular weight excluding hydrogens is 290 g/mol. The molecule has 1 N–H and O–H groups in total. The van der Waals surface area contributed by atoms with E-state index in [1.165, 1.54) is 0 Å². The van der Waals surface area contributed by atoms with Crippen molar-refractivity contribution in [3.8, 4) is 11.5 Å². The van der Waals surface area contributed by atoms with E-state index in [2.05, 4.69) is 0 Å². The van der Waals surface area contributed by atoms with Gasteiger partial charge < -0.3 is 14.6 Å². The molecule has 4 nitrogen and oxygen atoms in total. The normalized spacial score (nSPS) is 46.4. The minimum absolute atomic E-state index is 0.00438. The third kappa shape index (κ3) is 3.20. The van der Waals surface area contributed by atoms with Gasteiger partial charge in [-0.25, -0.2) is 0 Å². The predicted molar refractivity (Wildman–Crippen MR) is 91.1 cm³/mol. The average Bonchev–Trinajstić information content (AvgIpc) is 2.72. The lowest BCUT2D eigenvalue weighted by Crippen LogP contribution is -2.48. The molecule has 3 unspecified atom stereocenters. The molecule has 2 heterocycles. The SMILES string of the molecule is [2H]c1c2c(c([2H])c(OC([2H])([2H])[2H])c1OC)C1([2H])CC(O)C(C([2H])([2H])C([2H])(C([2H])([2H])[2H])C([2H])([2H])[2H])C([2H])([2H])N1CC2. The van der Waals surface area contributed by atoms with Crippen LogP contribution in [0.25, 0.3) is 0 Å². The summed E-state index contributed by atoms with van der Waals surface area (Å²) in [5.74, 6) is -7.52. The number of benzene rings is 1. The maximum absolute atomic E-state index is 11.2. The Bertz CT molecular complexity index is 1150. The molecule has 4 heteroatoms. The smallest absolute Gasteiger partial charge is 0.161 e. The Balaban J connectivity index is 2.28. The average molecular weight is 337 g/mol. The molecule has 2 aliphatic heterocycles. The molecule has 3 atom stereocenters. The van der Waals surface area contributed by atoms with Crippen molar-refractivity contribution in [2.24, 2.45) is 11.8 Å². The molecule has 0 bridgehead atoms. The number of ether oxygens (including phenoxy) is 2. The van der Waals surface area contributed by atoms with Gasteiger partial charge in [-0.05, 0) is 54.2 Å². The molecule has 0 aromatic heterocycles. The standard InChI is InChI=1S/C19H29NO3/c1-12(2)7-14-11-20-6-5-13-8-18(22-3)19(23-4)9-15(13)16(20)10-17(14)21/h8-9,12,14,16-17,21H,5-7,10-11H2,1-4H3/i1D3,2D3,4D3,7D2,8D,9D,11D2,12D,16D. The van der Waals surface area contributed by atoms with E-state index in [1.807, 2.05) is 0 Å². The molecule has 1 fully saturated rings. The number of hydrogen-bond acceptors (Lipinski definition) is 4. The van der Waals surface area contributed by atoms with E-state index in [0.717, 1.165) is 7.11 Å². The van der Waals surface area contributed by atoms with E-state index in [9.17, 15) is 6.48 Å². The van der Waals surface area contributed by atoms with Crippen LogP contribution in [0.3, 0.4) is 0 Å². The van der Waals surface area contributed by atoms with E-state index in [0.29, 0.717) is 4.90 Å². The van der Waals surface area contributed by atoms with Gasteiger partial charge in [0.1, 0.15) is 0 Å². The number of aliphatic hydroxyl groups is 1. The maximum Gasteiger partial charge on any atom is 0.161 e. The van der Waals surface area contributed by atoms with Gasteiger partial charge in [-0.2, -0.15) is 0 Å². The highest BCUT2D eigenvalue weighted by molar-refractivity contribution is 5.49. The fraction of sp³-hybridized carbons (Fsp3) is 0.684. The first-order valence-electron chi connectivity index (χ1n) is 15.6. The monoisotopic (exact) mass is 336 g/mol. The Morgan fingerprint density at radius 1 is 1.57 bits per heavy atom. The summed E-state index contributed by atoms with van der Waals surface area (Å²) in [5.41, 5.74) is -0.412. The van der Waals surface area contributed by atoms with Crippen molar-refractivity contribution in [2.45, 2.75) is 45.0 Å². The third-order valence-electron chi connectivity index (χ3n) is 3.90. The maximum atomic E-state index is 11.2. The van der Waals surface area contributed by atoms with Crippen LogP contribution in [0.5, 0.6) is 11.5 Å². The first-order valence-corrected chi connectivity index (χ1v) is 7.07. The van der Waals surface area contributed by atoms with Crippen LogP contribution >= 0.6 is 0 Å². The van der Waals surface area contributed by atoms with Gasteiger partial charge in [0.2, 0.25) is 0 Å². The molecule has 128 valence electrons. The van der Waals surface area contributed by atoms with Crippen molar-refractivity contribution >= 4 is 0 Å². The quantitative estimate of drug-likeness (QED) is 0.918. The summed E-state index contributed by atoms with van der Waals surface area (Å²) in [6.45, 7) is -11.2. The van der Waals surface area contributed by atoms with Crippen LogP contribution in [-0.2, 0) is 6.42 Å². The molecule has 2 aliphatic rings. The van der Waals surface area contributed by atoms with Gasteiger partial charge in [-0.1, -0.05) is 13.7 Å². The first kappa shape index (κ1) is 5.63. The molecule has 1 aromatic carbocycles. The fourth-order valence-corrected chi connectivity index (χ4v) is 2.85. The van der Waals surface area contributed by atoms with Gasteiger partial charge in [-0.15, -0.1) is 0 Å². The molecule has 3 rings (SSSR count). The van der Waals surface area contributed by atoms with Gasteiger partial charge in [0.25, 0.3) is 0 Å². The van der Waals surface area contributed by atoms with Crippen molar-refractivity contribution in [1.29, 1.82) is 0 Å². The molecule has 23 heavy (non-hydrogen) atoms. The van der Waals surface area contributed by atoms with Crippen molar-refractivity contribution in [2.75, 3.05) is 27.2 Å². The van der Waals surface area contributed by atoms with Crippen LogP contribution in [0.15, 0.2) is 12.1 Å². The topological polar surface area (TPSA) is 41.9 Å². The lowest BCUT2D eigenvalue weighted by atomic mass is 9.79. The Labute approximate surface area is 163 Å². The van der Waals surface area contributed by atoms with E-state index in [4.69, 9.17) is 31.4 Å². The van der Waals surface area contributed by atoms with Crippen molar-refractivity contribution in [3.63, 3.8) is 0 Å². The van der Waals surface area contributed by atoms with E-state index in [1.54, 1.807) is 0 Å². The van der Waals surface area contributed by atoms with Crippen molar-refractivity contribution in [3.05, 3.63) is 23.2 Å². The summed E-state index contributed by atoms with van der Waals surface area (Å²) in [6.07, 6.45) is -7.14. The second-order valence-corrected chi connectivity index (χ2v) is 5.31. The number of piperidine rings is 1. The van der Waals surface area contributed by atoms with Gasteiger partial charge in [-0.3, -0.25) is 4.90 Å². The molecule has 1 saturated heterocycles.